The molecule has 0 atom stereocenters. The molecule has 1 aromatic carbocycles. The fourth-order valence-electron chi connectivity index (χ4n) is 2.13. The van der Waals surface area contributed by atoms with Crippen LogP contribution in [0.5, 0.6) is 0 Å². The molecule has 0 fully saturated rings. The van der Waals surface area contributed by atoms with Crippen molar-refractivity contribution in [2.24, 2.45) is 5.92 Å². The molecule has 0 aliphatic heterocycles. The van der Waals surface area contributed by atoms with Gasteiger partial charge >= 0.3 is 6.18 Å². The van der Waals surface area contributed by atoms with E-state index in [2.05, 4.69) is 4.98 Å². The number of imidazole rings is 1. The molecule has 2 rings (SSSR count). The van der Waals surface area contributed by atoms with Crippen LogP contribution in [0.2, 0.25) is 0 Å². The van der Waals surface area contributed by atoms with E-state index in [9.17, 15) is 13.2 Å². The maximum atomic E-state index is 12.6. The van der Waals surface area contributed by atoms with Crippen LogP contribution in [-0.4, -0.2) is 15.7 Å². The third-order valence-corrected chi connectivity index (χ3v) is 2.86. The number of aromatic nitrogens is 2. The maximum Gasteiger partial charge on any atom is 0.396 e. The van der Waals surface area contributed by atoms with Gasteiger partial charge in [-0.15, -0.1) is 0 Å². The van der Waals surface area contributed by atoms with E-state index in [0.717, 1.165) is 0 Å². The van der Waals surface area contributed by atoms with E-state index < -0.39 is 12.6 Å². The Morgan fingerprint density at radius 3 is 2.60 bits per heavy atom. The lowest BCUT2D eigenvalue weighted by atomic mass is 10.2. The van der Waals surface area contributed by atoms with Crippen LogP contribution < -0.4 is 0 Å². The first-order valence-corrected chi connectivity index (χ1v) is 6.26. The van der Waals surface area contributed by atoms with Gasteiger partial charge in [-0.2, -0.15) is 18.4 Å². The molecule has 2 aromatic rings. The van der Waals surface area contributed by atoms with Crippen molar-refractivity contribution < 1.29 is 13.2 Å². The number of halogens is 3. The van der Waals surface area contributed by atoms with E-state index in [1.165, 1.54) is 6.07 Å². The predicted octanol–water partition coefficient (Wildman–Crippen LogP) is 3.67. The minimum Gasteiger partial charge on any atom is -0.327 e. The SMILES string of the molecule is CC(C)Cn1c(CC(F)(F)F)nc2cc(C#N)ccc21. The Morgan fingerprint density at radius 1 is 1.35 bits per heavy atom. The molecule has 1 aromatic heterocycles. The van der Waals surface area contributed by atoms with Crippen molar-refractivity contribution in [1.82, 2.24) is 9.55 Å². The van der Waals surface area contributed by atoms with Crippen molar-refractivity contribution in [1.29, 1.82) is 5.26 Å². The van der Waals surface area contributed by atoms with Crippen LogP contribution in [0.1, 0.15) is 25.2 Å². The summed E-state index contributed by atoms with van der Waals surface area (Å²) in [5.41, 5.74) is 1.46. The van der Waals surface area contributed by atoms with Gasteiger partial charge in [-0.3, -0.25) is 0 Å². The minimum absolute atomic E-state index is 0.00344. The van der Waals surface area contributed by atoms with E-state index in [-0.39, 0.29) is 11.7 Å². The normalized spacial score (nSPS) is 12.1. The van der Waals surface area contributed by atoms with Crippen LogP contribution in [0.3, 0.4) is 0 Å². The number of nitrogens with zero attached hydrogens (tertiary/aromatic N) is 3. The first kappa shape index (κ1) is 14.4. The van der Waals surface area contributed by atoms with Crippen molar-refractivity contribution in [3.05, 3.63) is 29.6 Å². The maximum absolute atomic E-state index is 12.6. The van der Waals surface area contributed by atoms with Gasteiger partial charge in [0.15, 0.2) is 0 Å². The number of hydrogen-bond donors (Lipinski definition) is 0. The zero-order chi connectivity index (χ0) is 14.9. The van der Waals surface area contributed by atoms with Gasteiger partial charge in [-0.05, 0) is 24.1 Å². The fraction of sp³-hybridized carbons (Fsp3) is 0.429. The smallest absolute Gasteiger partial charge is 0.327 e. The third-order valence-electron chi connectivity index (χ3n) is 2.86. The quantitative estimate of drug-likeness (QED) is 0.861. The molecule has 0 saturated carbocycles. The molecule has 1 heterocycles. The van der Waals surface area contributed by atoms with Gasteiger partial charge in [0.2, 0.25) is 0 Å². The Balaban J connectivity index is 2.57. The Labute approximate surface area is 114 Å². The molecule has 0 spiro atoms. The number of nitriles is 1. The molecule has 0 bridgehead atoms. The summed E-state index contributed by atoms with van der Waals surface area (Å²) in [5.74, 6) is 0.200. The summed E-state index contributed by atoms with van der Waals surface area (Å²) in [6.07, 6.45) is -5.36. The van der Waals surface area contributed by atoms with Gasteiger partial charge in [-0.25, -0.2) is 4.98 Å². The summed E-state index contributed by atoms with van der Waals surface area (Å²) in [6, 6.07) is 6.74. The standard InChI is InChI=1S/C14H14F3N3/c1-9(2)8-20-12-4-3-10(7-18)5-11(12)19-13(20)6-14(15,16)17/h3-5,9H,6,8H2,1-2H3. The van der Waals surface area contributed by atoms with Gasteiger partial charge in [0.25, 0.3) is 0 Å². The Morgan fingerprint density at radius 2 is 2.05 bits per heavy atom. The second kappa shape index (κ2) is 5.16. The zero-order valence-corrected chi connectivity index (χ0v) is 11.2. The Kier molecular flexibility index (Phi) is 3.71. The molecule has 0 aliphatic carbocycles. The monoisotopic (exact) mass is 281 g/mol. The molecular formula is C14H14F3N3. The summed E-state index contributed by atoms with van der Waals surface area (Å²) in [4.78, 5) is 4.05. The van der Waals surface area contributed by atoms with Crippen molar-refractivity contribution >= 4 is 11.0 Å². The second-order valence-corrected chi connectivity index (χ2v) is 5.14. The van der Waals surface area contributed by atoms with Crippen LogP contribution in [0.4, 0.5) is 13.2 Å². The highest BCUT2D eigenvalue weighted by Crippen LogP contribution is 2.25. The average molecular weight is 281 g/mol. The molecule has 106 valence electrons. The Hall–Kier alpha value is -2.03. The molecular weight excluding hydrogens is 267 g/mol. The molecule has 0 amide bonds. The van der Waals surface area contributed by atoms with Crippen molar-refractivity contribution in [3.63, 3.8) is 0 Å². The van der Waals surface area contributed by atoms with Gasteiger partial charge in [0.1, 0.15) is 12.2 Å². The first-order valence-electron chi connectivity index (χ1n) is 6.26. The fourth-order valence-corrected chi connectivity index (χ4v) is 2.13. The van der Waals surface area contributed by atoms with Crippen molar-refractivity contribution in [3.8, 4) is 6.07 Å². The first-order chi connectivity index (χ1) is 9.30. The predicted molar refractivity (Wildman–Crippen MR) is 69.0 cm³/mol. The summed E-state index contributed by atoms with van der Waals surface area (Å²) in [5, 5.41) is 8.84. The third kappa shape index (κ3) is 3.10. The minimum atomic E-state index is -4.30. The van der Waals surface area contributed by atoms with E-state index in [4.69, 9.17) is 5.26 Å². The molecule has 3 nitrogen and oxygen atoms in total. The molecule has 0 aliphatic rings. The van der Waals surface area contributed by atoms with Crippen LogP contribution in [0.15, 0.2) is 18.2 Å². The molecule has 0 saturated heterocycles. The van der Waals surface area contributed by atoms with Gasteiger partial charge in [0.05, 0.1) is 22.7 Å². The summed E-state index contributed by atoms with van der Waals surface area (Å²) >= 11 is 0. The molecule has 6 heteroatoms. The summed E-state index contributed by atoms with van der Waals surface area (Å²) in [7, 11) is 0. The average Bonchev–Trinajstić information content (AvgIpc) is 2.63. The number of rotatable bonds is 3. The number of fused-ring (bicyclic) bond motifs is 1. The van der Waals surface area contributed by atoms with Gasteiger partial charge in [0, 0.05) is 6.54 Å². The largest absolute Gasteiger partial charge is 0.396 e. The molecule has 20 heavy (non-hydrogen) atoms. The van der Waals surface area contributed by atoms with Crippen LogP contribution in [-0.2, 0) is 13.0 Å². The van der Waals surface area contributed by atoms with Crippen LogP contribution >= 0.6 is 0 Å². The van der Waals surface area contributed by atoms with Gasteiger partial charge < -0.3 is 4.57 Å². The summed E-state index contributed by atoms with van der Waals surface area (Å²) < 4.78 is 39.5. The lowest BCUT2D eigenvalue weighted by Crippen LogP contribution is -2.17. The lowest BCUT2D eigenvalue weighted by Gasteiger charge is -2.13. The summed E-state index contributed by atoms with van der Waals surface area (Å²) in [6.45, 7) is 4.34. The highest BCUT2D eigenvalue weighted by atomic mass is 19.4. The zero-order valence-electron chi connectivity index (χ0n) is 11.2. The van der Waals surface area contributed by atoms with E-state index in [0.29, 0.717) is 23.1 Å². The highest BCUT2D eigenvalue weighted by molar-refractivity contribution is 5.77. The molecule has 0 radical (unpaired) electrons. The van der Waals surface area contributed by atoms with Crippen LogP contribution in [0.25, 0.3) is 11.0 Å². The van der Waals surface area contributed by atoms with Crippen LogP contribution in [0, 0.1) is 17.2 Å². The number of benzene rings is 1. The number of alkyl halides is 3. The Bertz CT molecular complexity index is 663. The second-order valence-electron chi connectivity index (χ2n) is 5.14. The topological polar surface area (TPSA) is 41.6 Å². The highest BCUT2D eigenvalue weighted by Gasteiger charge is 2.31. The van der Waals surface area contributed by atoms with E-state index in [1.807, 2.05) is 19.9 Å². The van der Waals surface area contributed by atoms with Gasteiger partial charge in [-0.1, -0.05) is 13.8 Å². The van der Waals surface area contributed by atoms with E-state index >= 15 is 0 Å². The molecule has 0 unspecified atom stereocenters. The van der Waals surface area contributed by atoms with E-state index in [1.54, 1.807) is 16.7 Å². The van der Waals surface area contributed by atoms with Crippen molar-refractivity contribution in [2.45, 2.75) is 33.0 Å². The molecule has 0 N–H and O–H groups in total. The number of hydrogen-bond acceptors (Lipinski definition) is 2. The lowest BCUT2D eigenvalue weighted by molar-refractivity contribution is -0.128. The van der Waals surface area contributed by atoms with Crippen molar-refractivity contribution in [2.75, 3.05) is 0 Å².